The topological polar surface area (TPSA) is 34.8 Å². The third-order valence-electron chi connectivity index (χ3n) is 2.29. The first-order valence-electron chi connectivity index (χ1n) is 5.27. The van der Waals surface area contributed by atoms with E-state index in [1.54, 1.807) is 0 Å². The van der Waals surface area contributed by atoms with Gasteiger partial charge in [0.1, 0.15) is 0 Å². The second-order valence-corrected chi connectivity index (χ2v) is 3.47. The van der Waals surface area contributed by atoms with E-state index >= 15 is 0 Å². The van der Waals surface area contributed by atoms with Gasteiger partial charge >= 0.3 is 0 Å². The quantitative estimate of drug-likeness (QED) is 0.806. The zero-order valence-corrected chi connectivity index (χ0v) is 8.93. The molecule has 15 heavy (non-hydrogen) atoms. The number of hydrogen-bond acceptors (Lipinski definition) is 2. The van der Waals surface area contributed by atoms with Crippen molar-refractivity contribution in [1.29, 1.82) is 0 Å². The van der Waals surface area contributed by atoms with Crippen molar-refractivity contribution >= 4 is 0 Å². The zero-order chi connectivity index (χ0) is 10.5. The Balaban J connectivity index is 1.95. The van der Waals surface area contributed by atoms with Crippen LogP contribution in [-0.4, -0.2) is 14.5 Å². The van der Waals surface area contributed by atoms with E-state index in [0.717, 1.165) is 19.5 Å². The van der Waals surface area contributed by atoms with Crippen LogP contribution in [0.3, 0.4) is 0 Å². The molecule has 0 aliphatic carbocycles. The molecule has 0 saturated heterocycles. The molecule has 2 heterocycles. The molecule has 0 radical (unpaired) electrons. The summed E-state index contributed by atoms with van der Waals surface area (Å²) >= 11 is 0. The summed E-state index contributed by atoms with van der Waals surface area (Å²) in [5.41, 5.74) is 4.50. The summed E-state index contributed by atoms with van der Waals surface area (Å²) in [4.78, 5) is 0. The zero-order valence-electron chi connectivity index (χ0n) is 8.93. The molecule has 2 rings (SSSR count). The SMILES string of the molecule is CCCn1nccc1CNn1cccc1. The van der Waals surface area contributed by atoms with Gasteiger partial charge in [0, 0.05) is 25.1 Å². The summed E-state index contributed by atoms with van der Waals surface area (Å²) in [5, 5.41) is 4.27. The van der Waals surface area contributed by atoms with Crippen LogP contribution in [0, 0.1) is 0 Å². The Hall–Kier alpha value is -1.71. The van der Waals surface area contributed by atoms with Crippen molar-refractivity contribution in [1.82, 2.24) is 14.5 Å². The van der Waals surface area contributed by atoms with Crippen LogP contribution in [0.2, 0.25) is 0 Å². The molecule has 4 heteroatoms. The lowest BCUT2D eigenvalue weighted by molar-refractivity contribution is 0.573. The van der Waals surface area contributed by atoms with E-state index < -0.39 is 0 Å². The lowest BCUT2D eigenvalue weighted by Gasteiger charge is -2.09. The number of aromatic nitrogens is 3. The molecule has 0 aliphatic heterocycles. The first kappa shape index (κ1) is 9.83. The molecule has 0 spiro atoms. The minimum absolute atomic E-state index is 0.800. The van der Waals surface area contributed by atoms with Crippen molar-refractivity contribution in [3.63, 3.8) is 0 Å². The van der Waals surface area contributed by atoms with Gasteiger partial charge in [0.2, 0.25) is 0 Å². The van der Waals surface area contributed by atoms with E-state index in [4.69, 9.17) is 0 Å². The van der Waals surface area contributed by atoms with Gasteiger partial charge in [-0.2, -0.15) is 5.10 Å². The highest BCUT2D eigenvalue weighted by molar-refractivity contribution is 5.03. The number of nitrogens with one attached hydrogen (secondary N) is 1. The lowest BCUT2D eigenvalue weighted by Crippen LogP contribution is -2.15. The summed E-state index contributed by atoms with van der Waals surface area (Å²) in [6.07, 6.45) is 6.93. The smallest absolute Gasteiger partial charge is 0.0733 e. The average molecular weight is 204 g/mol. The third-order valence-corrected chi connectivity index (χ3v) is 2.29. The maximum Gasteiger partial charge on any atom is 0.0733 e. The van der Waals surface area contributed by atoms with Gasteiger partial charge in [-0.3, -0.25) is 9.36 Å². The average Bonchev–Trinajstić information content (AvgIpc) is 2.85. The van der Waals surface area contributed by atoms with E-state index in [0.29, 0.717) is 0 Å². The second-order valence-electron chi connectivity index (χ2n) is 3.47. The van der Waals surface area contributed by atoms with Crippen molar-refractivity contribution < 1.29 is 0 Å². The molecular formula is C11H16N4. The molecule has 1 N–H and O–H groups in total. The van der Waals surface area contributed by atoms with Gasteiger partial charge in [0.25, 0.3) is 0 Å². The van der Waals surface area contributed by atoms with Crippen molar-refractivity contribution in [3.8, 4) is 0 Å². The fourth-order valence-electron chi connectivity index (χ4n) is 1.54. The maximum absolute atomic E-state index is 4.27. The van der Waals surface area contributed by atoms with Crippen LogP contribution in [0.15, 0.2) is 36.8 Å². The lowest BCUT2D eigenvalue weighted by atomic mass is 10.4. The predicted octanol–water partition coefficient (Wildman–Crippen LogP) is 1.84. The van der Waals surface area contributed by atoms with Crippen LogP contribution in [0.5, 0.6) is 0 Å². The molecule has 0 amide bonds. The van der Waals surface area contributed by atoms with Crippen LogP contribution < -0.4 is 5.43 Å². The standard InChI is InChI=1S/C11H16N4/c1-2-7-15-11(5-6-12-15)10-13-14-8-3-4-9-14/h3-6,8-9,13H,2,7,10H2,1H3. The number of hydrogen-bond donors (Lipinski definition) is 1. The van der Waals surface area contributed by atoms with Crippen LogP contribution in [0.1, 0.15) is 19.0 Å². The van der Waals surface area contributed by atoms with E-state index in [9.17, 15) is 0 Å². The van der Waals surface area contributed by atoms with Gasteiger partial charge in [-0.1, -0.05) is 6.92 Å². The summed E-state index contributed by atoms with van der Waals surface area (Å²) < 4.78 is 3.99. The minimum Gasteiger partial charge on any atom is -0.320 e. The molecule has 0 aromatic carbocycles. The van der Waals surface area contributed by atoms with E-state index in [2.05, 4.69) is 17.4 Å². The normalized spacial score (nSPS) is 10.5. The molecule has 80 valence electrons. The van der Waals surface area contributed by atoms with Crippen LogP contribution in [0.4, 0.5) is 0 Å². The Kier molecular flexibility index (Phi) is 3.07. The predicted molar refractivity (Wildman–Crippen MR) is 60.0 cm³/mol. The third kappa shape index (κ3) is 2.40. The van der Waals surface area contributed by atoms with Gasteiger partial charge in [0.15, 0.2) is 0 Å². The molecule has 0 bridgehead atoms. The highest BCUT2D eigenvalue weighted by Gasteiger charge is 2.00. The minimum atomic E-state index is 0.800. The highest BCUT2D eigenvalue weighted by Crippen LogP contribution is 2.00. The maximum atomic E-state index is 4.27. The van der Waals surface area contributed by atoms with Gasteiger partial charge < -0.3 is 5.43 Å². The Labute approximate surface area is 89.5 Å². The Morgan fingerprint density at radius 2 is 2.13 bits per heavy atom. The van der Waals surface area contributed by atoms with Crippen molar-refractivity contribution in [2.45, 2.75) is 26.4 Å². The summed E-state index contributed by atoms with van der Waals surface area (Å²) in [6.45, 7) is 3.94. The van der Waals surface area contributed by atoms with Crippen molar-refractivity contribution in [2.75, 3.05) is 5.43 Å². The molecule has 2 aromatic rings. The molecule has 4 nitrogen and oxygen atoms in total. The monoisotopic (exact) mass is 204 g/mol. The van der Waals surface area contributed by atoms with E-state index in [-0.39, 0.29) is 0 Å². The number of aryl methyl sites for hydroxylation is 1. The summed E-state index contributed by atoms with van der Waals surface area (Å²) in [6, 6.07) is 6.04. The molecule has 0 aliphatic rings. The van der Waals surface area contributed by atoms with Gasteiger partial charge in [-0.25, -0.2) is 0 Å². The van der Waals surface area contributed by atoms with Crippen molar-refractivity contribution in [2.24, 2.45) is 0 Å². The summed E-state index contributed by atoms with van der Waals surface area (Å²) in [5.74, 6) is 0. The molecular weight excluding hydrogens is 188 g/mol. The van der Waals surface area contributed by atoms with Crippen LogP contribution in [0.25, 0.3) is 0 Å². The largest absolute Gasteiger partial charge is 0.320 e. The van der Waals surface area contributed by atoms with Gasteiger partial charge in [0.05, 0.1) is 12.2 Å². The molecule has 2 aromatic heterocycles. The molecule has 0 saturated carbocycles. The van der Waals surface area contributed by atoms with E-state index in [1.165, 1.54) is 5.69 Å². The molecule has 0 atom stereocenters. The fourth-order valence-corrected chi connectivity index (χ4v) is 1.54. The van der Waals surface area contributed by atoms with Crippen LogP contribution in [-0.2, 0) is 13.1 Å². The fraction of sp³-hybridized carbons (Fsp3) is 0.364. The number of rotatable bonds is 5. The van der Waals surface area contributed by atoms with Gasteiger partial charge in [-0.15, -0.1) is 0 Å². The second kappa shape index (κ2) is 4.68. The highest BCUT2D eigenvalue weighted by atomic mass is 15.4. The summed E-state index contributed by atoms with van der Waals surface area (Å²) in [7, 11) is 0. The molecule has 0 unspecified atom stereocenters. The van der Waals surface area contributed by atoms with Gasteiger partial charge in [-0.05, 0) is 24.6 Å². The number of nitrogens with zero attached hydrogens (tertiary/aromatic N) is 3. The van der Waals surface area contributed by atoms with E-state index in [1.807, 2.05) is 46.1 Å². The van der Waals surface area contributed by atoms with Crippen molar-refractivity contribution in [3.05, 3.63) is 42.5 Å². The Morgan fingerprint density at radius 1 is 1.33 bits per heavy atom. The first-order chi connectivity index (χ1) is 7.40. The first-order valence-corrected chi connectivity index (χ1v) is 5.27. The van der Waals surface area contributed by atoms with Crippen LogP contribution >= 0.6 is 0 Å². The Morgan fingerprint density at radius 3 is 2.87 bits per heavy atom. The Bertz CT molecular complexity index is 388. The molecule has 0 fully saturated rings.